The molecule has 0 heterocycles. The number of nitrogens with one attached hydrogen (secondary N) is 2. The van der Waals surface area contributed by atoms with Gasteiger partial charge in [-0.3, -0.25) is 4.79 Å². The highest BCUT2D eigenvalue weighted by Crippen LogP contribution is 2.08. The van der Waals surface area contributed by atoms with Gasteiger partial charge in [0.15, 0.2) is 0 Å². The minimum Gasteiger partial charge on any atom is -0.385 e. The molecule has 0 radical (unpaired) electrons. The standard InChI is InChI=1S/C10H14N2O/c1-3-12-9-6-4-8(5-7-9)10(13)11-2/h4-7,12H,3H2,1-2H3,(H,11,13). The Morgan fingerprint density at radius 3 is 2.38 bits per heavy atom. The van der Waals surface area contributed by atoms with Crippen LogP contribution in [-0.2, 0) is 0 Å². The van der Waals surface area contributed by atoms with Gasteiger partial charge in [-0.25, -0.2) is 0 Å². The topological polar surface area (TPSA) is 41.1 Å². The Balaban J connectivity index is 2.75. The molecule has 1 amide bonds. The monoisotopic (exact) mass is 178 g/mol. The first-order chi connectivity index (χ1) is 6.27. The molecule has 0 atom stereocenters. The van der Waals surface area contributed by atoms with E-state index in [1.807, 2.05) is 19.1 Å². The molecular weight excluding hydrogens is 164 g/mol. The van der Waals surface area contributed by atoms with Crippen LogP contribution in [0.15, 0.2) is 24.3 Å². The Bertz CT molecular complexity index is 279. The van der Waals surface area contributed by atoms with Crippen molar-refractivity contribution in [1.29, 1.82) is 0 Å². The third-order valence-corrected chi connectivity index (χ3v) is 1.76. The summed E-state index contributed by atoms with van der Waals surface area (Å²) in [6.07, 6.45) is 0. The van der Waals surface area contributed by atoms with Gasteiger partial charge in [0, 0.05) is 24.8 Å². The molecule has 0 unspecified atom stereocenters. The molecule has 0 aromatic heterocycles. The smallest absolute Gasteiger partial charge is 0.251 e. The van der Waals surface area contributed by atoms with E-state index < -0.39 is 0 Å². The third kappa shape index (κ3) is 2.47. The first kappa shape index (κ1) is 9.58. The summed E-state index contributed by atoms with van der Waals surface area (Å²) in [7, 11) is 1.63. The van der Waals surface area contributed by atoms with Crippen LogP contribution in [0.1, 0.15) is 17.3 Å². The lowest BCUT2D eigenvalue weighted by Crippen LogP contribution is -2.17. The maximum absolute atomic E-state index is 11.2. The lowest BCUT2D eigenvalue weighted by molar-refractivity contribution is 0.0963. The number of amides is 1. The van der Waals surface area contributed by atoms with Crippen LogP contribution in [0.4, 0.5) is 5.69 Å². The van der Waals surface area contributed by atoms with Crippen molar-refractivity contribution >= 4 is 11.6 Å². The molecule has 3 nitrogen and oxygen atoms in total. The number of benzene rings is 1. The van der Waals surface area contributed by atoms with Crippen LogP contribution in [0.5, 0.6) is 0 Å². The van der Waals surface area contributed by atoms with Crippen molar-refractivity contribution < 1.29 is 4.79 Å². The molecule has 0 saturated carbocycles. The van der Waals surface area contributed by atoms with E-state index in [-0.39, 0.29) is 5.91 Å². The molecule has 0 spiro atoms. The number of carbonyl (C=O) groups excluding carboxylic acids is 1. The Labute approximate surface area is 78.2 Å². The van der Waals surface area contributed by atoms with Gasteiger partial charge in [0.05, 0.1) is 0 Å². The number of hydrogen-bond acceptors (Lipinski definition) is 2. The molecule has 0 bridgehead atoms. The van der Waals surface area contributed by atoms with Crippen LogP contribution < -0.4 is 10.6 Å². The van der Waals surface area contributed by atoms with Crippen LogP contribution >= 0.6 is 0 Å². The normalized spacial score (nSPS) is 9.38. The second-order valence-electron chi connectivity index (χ2n) is 2.69. The van der Waals surface area contributed by atoms with Crippen molar-refractivity contribution in [2.24, 2.45) is 0 Å². The molecule has 1 rings (SSSR count). The molecule has 0 aliphatic rings. The largest absolute Gasteiger partial charge is 0.385 e. The average Bonchev–Trinajstić information content (AvgIpc) is 2.18. The minimum atomic E-state index is -0.0527. The Kier molecular flexibility index (Phi) is 3.31. The van der Waals surface area contributed by atoms with Gasteiger partial charge in [-0.1, -0.05) is 0 Å². The fourth-order valence-corrected chi connectivity index (χ4v) is 1.09. The van der Waals surface area contributed by atoms with Gasteiger partial charge in [0.2, 0.25) is 0 Å². The summed E-state index contributed by atoms with van der Waals surface area (Å²) in [4.78, 5) is 11.2. The van der Waals surface area contributed by atoms with Gasteiger partial charge in [-0.05, 0) is 31.2 Å². The molecule has 1 aromatic carbocycles. The van der Waals surface area contributed by atoms with Crippen molar-refractivity contribution in [3.63, 3.8) is 0 Å². The summed E-state index contributed by atoms with van der Waals surface area (Å²) in [5, 5.41) is 5.73. The van der Waals surface area contributed by atoms with Gasteiger partial charge in [0.25, 0.3) is 5.91 Å². The van der Waals surface area contributed by atoms with Crippen LogP contribution in [0, 0.1) is 0 Å². The van der Waals surface area contributed by atoms with Gasteiger partial charge >= 0.3 is 0 Å². The second kappa shape index (κ2) is 4.50. The summed E-state index contributed by atoms with van der Waals surface area (Å²) in [5.41, 5.74) is 1.72. The van der Waals surface area contributed by atoms with Crippen molar-refractivity contribution in [3.05, 3.63) is 29.8 Å². The van der Waals surface area contributed by atoms with Crippen LogP contribution in [0.25, 0.3) is 0 Å². The van der Waals surface area contributed by atoms with E-state index in [4.69, 9.17) is 0 Å². The minimum absolute atomic E-state index is 0.0527. The maximum atomic E-state index is 11.2. The number of anilines is 1. The molecule has 13 heavy (non-hydrogen) atoms. The summed E-state index contributed by atoms with van der Waals surface area (Å²) >= 11 is 0. The van der Waals surface area contributed by atoms with Gasteiger partial charge < -0.3 is 10.6 Å². The fraction of sp³-hybridized carbons (Fsp3) is 0.300. The van der Waals surface area contributed by atoms with E-state index in [1.165, 1.54) is 0 Å². The third-order valence-electron chi connectivity index (χ3n) is 1.76. The first-order valence-corrected chi connectivity index (χ1v) is 4.34. The molecule has 3 heteroatoms. The highest BCUT2D eigenvalue weighted by atomic mass is 16.1. The lowest BCUT2D eigenvalue weighted by atomic mass is 10.2. The summed E-state index contributed by atoms with van der Waals surface area (Å²) in [6.45, 7) is 2.92. The molecule has 0 aliphatic carbocycles. The van der Waals surface area contributed by atoms with Crippen molar-refractivity contribution in [2.45, 2.75) is 6.92 Å². The van der Waals surface area contributed by atoms with Crippen molar-refractivity contribution in [3.8, 4) is 0 Å². The van der Waals surface area contributed by atoms with Crippen LogP contribution in [0.3, 0.4) is 0 Å². The quantitative estimate of drug-likeness (QED) is 0.736. The Morgan fingerprint density at radius 2 is 1.92 bits per heavy atom. The molecular formula is C10H14N2O. The highest BCUT2D eigenvalue weighted by molar-refractivity contribution is 5.94. The fourth-order valence-electron chi connectivity index (χ4n) is 1.09. The molecule has 0 fully saturated rings. The second-order valence-corrected chi connectivity index (χ2v) is 2.69. The van der Waals surface area contributed by atoms with E-state index in [0.29, 0.717) is 5.56 Å². The molecule has 0 aliphatic heterocycles. The Morgan fingerprint density at radius 1 is 1.31 bits per heavy atom. The maximum Gasteiger partial charge on any atom is 0.251 e. The summed E-state index contributed by atoms with van der Waals surface area (Å²) in [5.74, 6) is -0.0527. The predicted molar refractivity (Wildman–Crippen MR) is 54.0 cm³/mol. The van der Waals surface area contributed by atoms with Gasteiger partial charge in [-0.2, -0.15) is 0 Å². The molecule has 0 saturated heterocycles. The first-order valence-electron chi connectivity index (χ1n) is 4.34. The zero-order valence-electron chi connectivity index (χ0n) is 7.92. The number of rotatable bonds is 3. The zero-order valence-corrected chi connectivity index (χ0v) is 7.92. The summed E-state index contributed by atoms with van der Waals surface area (Å²) < 4.78 is 0. The van der Waals surface area contributed by atoms with Gasteiger partial charge in [-0.15, -0.1) is 0 Å². The van der Waals surface area contributed by atoms with Crippen molar-refractivity contribution in [2.75, 3.05) is 18.9 Å². The summed E-state index contributed by atoms with van der Waals surface area (Å²) in [6, 6.07) is 7.40. The molecule has 1 aromatic rings. The number of carbonyl (C=O) groups is 1. The highest BCUT2D eigenvalue weighted by Gasteiger charge is 2.00. The van der Waals surface area contributed by atoms with E-state index in [2.05, 4.69) is 10.6 Å². The average molecular weight is 178 g/mol. The van der Waals surface area contributed by atoms with E-state index >= 15 is 0 Å². The number of hydrogen-bond donors (Lipinski definition) is 2. The van der Waals surface area contributed by atoms with Crippen LogP contribution in [-0.4, -0.2) is 19.5 Å². The predicted octanol–water partition coefficient (Wildman–Crippen LogP) is 1.48. The van der Waals surface area contributed by atoms with Crippen molar-refractivity contribution in [1.82, 2.24) is 5.32 Å². The molecule has 70 valence electrons. The Hall–Kier alpha value is -1.51. The van der Waals surface area contributed by atoms with E-state index in [9.17, 15) is 4.79 Å². The SMILES string of the molecule is CCNc1ccc(C(=O)NC)cc1. The lowest BCUT2D eigenvalue weighted by Gasteiger charge is -2.03. The van der Waals surface area contributed by atoms with Gasteiger partial charge in [0.1, 0.15) is 0 Å². The zero-order chi connectivity index (χ0) is 9.68. The van der Waals surface area contributed by atoms with E-state index in [0.717, 1.165) is 12.2 Å². The van der Waals surface area contributed by atoms with Crippen LogP contribution in [0.2, 0.25) is 0 Å². The molecule has 2 N–H and O–H groups in total. The van der Waals surface area contributed by atoms with E-state index in [1.54, 1.807) is 19.2 Å².